The molecule has 0 bridgehead atoms. The van der Waals surface area contributed by atoms with Gasteiger partial charge in [0.25, 0.3) is 0 Å². The number of carbonyl (C=O) groups excluding carboxylic acids is 1. The van der Waals surface area contributed by atoms with Gasteiger partial charge in [-0.2, -0.15) is 0 Å². The van der Waals surface area contributed by atoms with E-state index in [0.717, 1.165) is 19.3 Å². The minimum atomic E-state index is -1.05. The Morgan fingerprint density at radius 1 is 1.40 bits per heavy atom. The molecule has 1 saturated heterocycles. The van der Waals surface area contributed by atoms with Crippen LogP contribution in [0.5, 0.6) is 0 Å². The number of rotatable bonds is 2. The van der Waals surface area contributed by atoms with E-state index in [0.29, 0.717) is 13.2 Å². The molecule has 2 aliphatic rings. The second kappa shape index (κ2) is 4.18. The Balaban J connectivity index is 2.00. The molecule has 1 amide bonds. The second-order valence-corrected chi connectivity index (χ2v) is 4.07. The zero-order valence-corrected chi connectivity index (χ0v) is 8.52. The molecule has 84 valence electrons. The summed E-state index contributed by atoms with van der Waals surface area (Å²) in [4.78, 5) is 23.8. The molecular weight excluding hydrogens is 198 g/mol. The van der Waals surface area contributed by atoms with Crippen molar-refractivity contribution in [2.24, 2.45) is 0 Å². The molecule has 5 nitrogen and oxygen atoms in total. The molecule has 2 atom stereocenters. The van der Waals surface area contributed by atoms with Crippen LogP contribution < -0.4 is 0 Å². The van der Waals surface area contributed by atoms with Crippen LogP contribution in [-0.2, 0) is 14.3 Å². The highest BCUT2D eigenvalue weighted by atomic mass is 16.5. The maximum Gasteiger partial charge on any atom is 0.312 e. The molecule has 1 saturated carbocycles. The largest absolute Gasteiger partial charge is 0.481 e. The van der Waals surface area contributed by atoms with E-state index in [4.69, 9.17) is 9.84 Å². The lowest BCUT2D eigenvalue weighted by atomic mass is 10.1. The van der Waals surface area contributed by atoms with Gasteiger partial charge in [-0.1, -0.05) is 0 Å². The van der Waals surface area contributed by atoms with Crippen molar-refractivity contribution < 1.29 is 19.4 Å². The van der Waals surface area contributed by atoms with Gasteiger partial charge in [0.05, 0.1) is 18.8 Å². The van der Waals surface area contributed by atoms with Crippen molar-refractivity contribution in [3.63, 3.8) is 0 Å². The Morgan fingerprint density at radius 3 is 2.93 bits per heavy atom. The first-order valence-corrected chi connectivity index (χ1v) is 5.31. The van der Waals surface area contributed by atoms with Crippen LogP contribution in [0.2, 0.25) is 0 Å². The molecule has 1 N–H and O–H groups in total. The van der Waals surface area contributed by atoms with Crippen LogP contribution in [0.25, 0.3) is 0 Å². The van der Waals surface area contributed by atoms with Crippen LogP contribution >= 0.6 is 0 Å². The minimum Gasteiger partial charge on any atom is -0.481 e. The maximum absolute atomic E-state index is 11.6. The van der Waals surface area contributed by atoms with Gasteiger partial charge in [0.1, 0.15) is 6.42 Å². The Morgan fingerprint density at radius 2 is 2.20 bits per heavy atom. The van der Waals surface area contributed by atoms with E-state index in [1.165, 1.54) is 0 Å². The third-order valence-electron chi connectivity index (χ3n) is 3.10. The number of carboxylic acids is 1. The molecule has 2 unspecified atom stereocenters. The molecule has 0 aromatic heterocycles. The summed E-state index contributed by atoms with van der Waals surface area (Å²) < 4.78 is 5.55. The summed E-state index contributed by atoms with van der Waals surface area (Å²) in [5, 5.41) is 8.58. The van der Waals surface area contributed by atoms with Crippen LogP contribution in [0.3, 0.4) is 0 Å². The van der Waals surface area contributed by atoms with Crippen molar-refractivity contribution in [1.82, 2.24) is 4.90 Å². The van der Waals surface area contributed by atoms with Gasteiger partial charge in [-0.3, -0.25) is 9.59 Å². The summed E-state index contributed by atoms with van der Waals surface area (Å²) in [5.74, 6) is -1.33. The number of amides is 1. The topological polar surface area (TPSA) is 66.8 Å². The molecular formula is C10H15NO4. The number of carbonyl (C=O) groups is 2. The van der Waals surface area contributed by atoms with Gasteiger partial charge >= 0.3 is 5.97 Å². The van der Waals surface area contributed by atoms with Gasteiger partial charge in [-0.15, -0.1) is 0 Å². The average molecular weight is 213 g/mol. The second-order valence-electron chi connectivity index (χ2n) is 4.07. The SMILES string of the molecule is O=C(O)CC(=O)N1CCOC2CCCC21. The predicted octanol–water partition coefficient (Wildman–Crippen LogP) is 0.241. The summed E-state index contributed by atoms with van der Waals surface area (Å²) in [5.41, 5.74) is 0. The number of fused-ring (bicyclic) bond motifs is 1. The summed E-state index contributed by atoms with van der Waals surface area (Å²) in [6, 6.07) is 0.116. The van der Waals surface area contributed by atoms with Crippen molar-refractivity contribution >= 4 is 11.9 Å². The van der Waals surface area contributed by atoms with Crippen LogP contribution in [0, 0.1) is 0 Å². The van der Waals surface area contributed by atoms with Gasteiger partial charge < -0.3 is 14.7 Å². The molecule has 0 aromatic carbocycles. The molecule has 0 radical (unpaired) electrons. The number of morpholine rings is 1. The third-order valence-corrected chi connectivity index (χ3v) is 3.10. The van der Waals surface area contributed by atoms with Crippen molar-refractivity contribution in [3.05, 3.63) is 0 Å². The normalized spacial score (nSPS) is 30.0. The fourth-order valence-electron chi connectivity index (χ4n) is 2.47. The summed E-state index contributed by atoms with van der Waals surface area (Å²) >= 11 is 0. The van der Waals surface area contributed by atoms with Gasteiger partial charge in [-0.25, -0.2) is 0 Å². The average Bonchev–Trinajstić information content (AvgIpc) is 2.63. The van der Waals surface area contributed by atoms with E-state index in [1.807, 2.05) is 0 Å². The molecule has 2 fully saturated rings. The van der Waals surface area contributed by atoms with Crippen molar-refractivity contribution in [2.45, 2.75) is 37.8 Å². The highest BCUT2D eigenvalue weighted by molar-refractivity contribution is 5.93. The fraction of sp³-hybridized carbons (Fsp3) is 0.800. The molecule has 15 heavy (non-hydrogen) atoms. The van der Waals surface area contributed by atoms with Gasteiger partial charge in [0.2, 0.25) is 5.91 Å². The fourth-order valence-corrected chi connectivity index (χ4v) is 2.47. The van der Waals surface area contributed by atoms with Crippen LogP contribution in [0.4, 0.5) is 0 Å². The van der Waals surface area contributed by atoms with Crippen molar-refractivity contribution in [2.75, 3.05) is 13.2 Å². The summed E-state index contributed by atoms with van der Waals surface area (Å²) in [6.07, 6.45) is 2.73. The molecule has 1 aliphatic heterocycles. The van der Waals surface area contributed by atoms with E-state index in [-0.39, 0.29) is 18.1 Å². The zero-order valence-electron chi connectivity index (χ0n) is 8.52. The van der Waals surface area contributed by atoms with Crippen LogP contribution in [0.1, 0.15) is 25.7 Å². The van der Waals surface area contributed by atoms with Gasteiger partial charge in [0.15, 0.2) is 0 Å². The Labute approximate surface area is 88.0 Å². The lowest BCUT2D eigenvalue weighted by Gasteiger charge is -2.37. The monoisotopic (exact) mass is 213 g/mol. The first kappa shape index (κ1) is 10.4. The van der Waals surface area contributed by atoms with Crippen molar-refractivity contribution in [1.29, 1.82) is 0 Å². The number of hydrogen-bond acceptors (Lipinski definition) is 3. The summed E-state index contributed by atoms with van der Waals surface area (Å²) in [7, 11) is 0. The quantitative estimate of drug-likeness (QED) is 0.667. The number of hydrogen-bond donors (Lipinski definition) is 1. The van der Waals surface area contributed by atoms with Crippen LogP contribution in [0.15, 0.2) is 0 Å². The van der Waals surface area contributed by atoms with E-state index in [9.17, 15) is 9.59 Å². The number of nitrogens with zero attached hydrogens (tertiary/aromatic N) is 1. The van der Waals surface area contributed by atoms with Crippen LogP contribution in [-0.4, -0.2) is 47.2 Å². The Bertz CT molecular complexity index is 279. The number of aliphatic carboxylic acids is 1. The molecule has 0 aromatic rings. The molecule has 1 heterocycles. The third kappa shape index (κ3) is 2.12. The lowest BCUT2D eigenvalue weighted by molar-refractivity contribution is -0.151. The van der Waals surface area contributed by atoms with Gasteiger partial charge in [-0.05, 0) is 19.3 Å². The zero-order chi connectivity index (χ0) is 10.8. The first-order chi connectivity index (χ1) is 7.18. The highest BCUT2D eigenvalue weighted by Gasteiger charge is 2.38. The maximum atomic E-state index is 11.6. The van der Waals surface area contributed by atoms with E-state index >= 15 is 0 Å². The standard InChI is InChI=1S/C10H15NO4/c12-9(6-10(13)14)11-4-5-15-8-3-1-2-7(8)11/h7-8H,1-6H2,(H,13,14). The molecule has 1 aliphatic carbocycles. The Kier molecular flexibility index (Phi) is 2.90. The minimum absolute atomic E-state index is 0.116. The van der Waals surface area contributed by atoms with E-state index < -0.39 is 12.4 Å². The van der Waals surface area contributed by atoms with Gasteiger partial charge in [0, 0.05) is 6.54 Å². The first-order valence-electron chi connectivity index (χ1n) is 5.31. The molecule has 5 heteroatoms. The lowest BCUT2D eigenvalue weighted by Crippen LogP contribution is -2.51. The van der Waals surface area contributed by atoms with E-state index in [2.05, 4.69) is 0 Å². The number of ether oxygens (including phenoxy) is 1. The smallest absolute Gasteiger partial charge is 0.312 e. The van der Waals surface area contributed by atoms with Crippen molar-refractivity contribution in [3.8, 4) is 0 Å². The summed E-state index contributed by atoms with van der Waals surface area (Å²) in [6.45, 7) is 1.07. The molecule has 2 rings (SSSR count). The predicted molar refractivity (Wildman–Crippen MR) is 51.3 cm³/mol. The highest BCUT2D eigenvalue weighted by Crippen LogP contribution is 2.29. The van der Waals surface area contributed by atoms with E-state index in [1.54, 1.807) is 4.90 Å². The Hall–Kier alpha value is -1.10. The number of carboxylic acid groups (broad SMARTS) is 1. The molecule has 0 spiro atoms.